The number of rotatable bonds is 2. The summed E-state index contributed by atoms with van der Waals surface area (Å²) in [7, 11) is 1.87. The number of aryl methyl sites for hydroxylation is 1. The third-order valence-corrected chi connectivity index (χ3v) is 3.96. The Labute approximate surface area is 122 Å². The molecule has 0 N–H and O–H groups in total. The van der Waals surface area contributed by atoms with Gasteiger partial charge in [0, 0.05) is 18.5 Å². The van der Waals surface area contributed by atoms with Crippen molar-refractivity contribution >= 4 is 6.08 Å². The molecule has 0 amide bonds. The average molecular weight is 274 g/mol. The van der Waals surface area contributed by atoms with Crippen molar-refractivity contribution in [2.24, 2.45) is 7.05 Å². The summed E-state index contributed by atoms with van der Waals surface area (Å²) in [5.74, 6) is 1.05. The largest absolute Gasteiger partial charge is 0.229 e. The van der Waals surface area contributed by atoms with Gasteiger partial charge >= 0.3 is 0 Å². The van der Waals surface area contributed by atoms with Crippen LogP contribution in [-0.4, -0.2) is 20.2 Å². The Kier molecular flexibility index (Phi) is 2.67. The van der Waals surface area contributed by atoms with E-state index in [0.29, 0.717) is 0 Å². The lowest BCUT2D eigenvalue weighted by Crippen LogP contribution is -2.02. The second kappa shape index (κ2) is 4.66. The van der Waals surface area contributed by atoms with Gasteiger partial charge in [-0.3, -0.25) is 0 Å². The summed E-state index contributed by atoms with van der Waals surface area (Å²) < 4.78 is 1.71. The average Bonchev–Trinajstić information content (AvgIpc) is 3.13. The molecule has 0 bridgehead atoms. The smallest absolute Gasteiger partial charge is 0.182 e. The van der Waals surface area contributed by atoms with Crippen LogP contribution in [0.25, 0.3) is 17.5 Å². The van der Waals surface area contributed by atoms with E-state index in [2.05, 4.69) is 70.1 Å². The number of tetrazole rings is 1. The molecule has 21 heavy (non-hydrogen) atoms. The molecule has 0 saturated heterocycles. The third-order valence-electron chi connectivity index (χ3n) is 3.96. The van der Waals surface area contributed by atoms with Gasteiger partial charge in [0.2, 0.25) is 0 Å². The molecule has 1 unspecified atom stereocenters. The topological polar surface area (TPSA) is 43.6 Å². The number of hydrogen-bond acceptors (Lipinski definition) is 3. The molecule has 0 saturated carbocycles. The Balaban J connectivity index is 1.89. The van der Waals surface area contributed by atoms with Gasteiger partial charge in [0.25, 0.3) is 0 Å². The standard InChI is InChI=1S/C17H14N4/c1-21-17(18-19-20-21)16-9-5-4-8-14(16)15-11-10-12-6-2-3-7-13(12)15/h2-11,15H,1H3. The first-order chi connectivity index (χ1) is 10.3. The van der Waals surface area contributed by atoms with E-state index in [0.717, 1.165) is 11.4 Å². The first kappa shape index (κ1) is 12.0. The van der Waals surface area contributed by atoms with Crippen LogP contribution in [0.5, 0.6) is 0 Å². The highest BCUT2D eigenvalue weighted by atomic mass is 15.5. The SMILES string of the molecule is Cn1nnnc1-c1ccccc1C1C=Cc2ccccc21. The molecule has 4 nitrogen and oxygen atoms in total. The molecule has 1 aliphatic carbocycles. The van der Waals surface area contributed by atoms with E-state index in [1.807, 2.05) is 13.1 Å². The number of hydrogen-bond donors (Lipinski definition) is 0. The van der Waals surface area contributed by atoms with E-state index in [4.69, 9.17) is 0 Å². The lowest BCUT2D eigenvalue weighted by Gasteiger charge is -2.15. The van der Waals surface area contributed by atoms with Crippen molar-refractivity contribution in [3.63, 3.8) is 0 Å². The Morgan fingerprint density at radius 3 is 2.52 bits per heavy atom. The summed E-state index contributed by atoms with van der Waals surface area (Å²) in [5.41, 5.74) is 4.93. The number of allylic oxidation sites excluding steroid dienone is 1. The molecule has 0 aliphatic heterocycles. The zero-order chi connectivity index (χ0) is 14.2. The highest BCUT2D eigenvalue weighted by Gasteiger charge is 2.22. The van der Waals surface area contributed by atoms with Gasteiger partial charge < -0.3 is 0 Å². The van der Waals surface area contributed by atoms with E-state index >= 15 is 0 Å². The Morgan fingerprint density at radius 2 is 1.71 bits per heavy atom. The minimum absolute atomic E-state index is 0.258. The molecule has 1 atom stereocenters. The molecule has 1 heterocycles. The fourth-order valence-electron chi connectivity index (χ4n) is 2.95. The van der Waals surface area contributed by atoms with Gasteiger partial charge in [-0.05, 0) is 27.1 Å². The van der Waals surface area contributed by atoms with Crippen LogP contribution < -0.4 is 0 Å². The van der Waals surface area contributed by atoms with Gasteiger partial charge in [-0.1, -0.05) is 60.7 Å². The first-order valence-electron chi connectivity index (χ1n) is 6.93. The molecule has 0 radical (unpaired) electrons. The molecule has 1 aromatic heterocycles. The van der Waals surface area contributed by atoms with Crippen molar-refractivity contribution in [1.29, 1.82) is 0 Å². The van der Waals surface area contributed by atoms with Gasteiger partial charge in [-0.15, -0.1) is 5.10 Å². The molecule has 4 heteroatoms. The summed E-state index contributed by atoms with van der Waals surface area (Å²) in [6.07, 6.45) is 4.43. The Morgan fingerprint density at radius 1 is 0.952 bits per heavy atom. The zero-order valence-corrected chi connectivity index (χ0v) is 11.6. The van der Waals surface area contributed by atoms with E-state index < -0.39 is 0 Å². The van der Waals surface area contributed by atoms with E-state index in [1.165, 1.54) is 16.7 Å². The number of nitrogens with zero attached hydrogens (tertiary/aromatic N) is 4. The lowest BCUT2D eigenvalue weighted by atomic mass is 9.89. The lowest BCUT2D eigenvalue weighted by molar-refractivity contribution is 0.714. The predicted molar refractivity (Wildman–Crippen MR) is 81.6 cm³/mol. The molecular formula is C17H14N4. The molecule has 0 spiro atoms. The van der Waals surface area contributed by atoms with Gasteiger partial charge in [0.15, 0.2) is 5.82 Å². The van der Waals surface area contributed by atoms with Gasteiger partial charge in [0.05, 0.1) is 0 Å². The van der Waals surface area contributed by atoms with Crippen molar-refractivity contribution < 1.29 is 0 Å². The quantitative estimate of drug-likeness (QED) is 0.721. The highest BCUT2D eigenvalue weighted by Crippen LogP contribution is 2.38. The predicted octanol–water partition coefficient (Wildman–Crippen LogP) is 3.04. The molecular weight excluding hydrogens is 260 g/mol. The van der Waals surface area contributed by atoms with Gasteiger partial charge in [-0.2, -0.15) is 0 Å². The number of fused-ring (bicyclic) bond motifs is 1. The monoisotopic (exact) mass is 274 g/mol. The summed E-state index contributed by atoms with van der Waals surface area (Å²) in [4.78, 5) is 0. The Hall–Kier alpha value is -2.75. The van der Waals surface area contributed by atoms with Crippen molar-refractivity contribution in [3.8, 4) is 11.4 Å². The van der Waals surface area contributed by atoms with Crippen LogP contribution in [0.3, 0.4) is 0 Å². The van der Waals surface area contributed by atoms with Crippen molar-refractivity contribution in [2.75, 3.05) is 0 Å². The maximum atomic E-state index is 4.15. The fourth-order valence-corrected chi connectivity index (χ4v) is 2.95. The minimum Gasteiger partial charge on any atom is -0.229 e. The fraction of sp³-hybridized carbons (Fsp3) is 0.118. The highest BCUT2D eigenvalue weighted by molar-refractivity contribution is 5.70. The van der Waals surface area contributed by atoms with Crippen LogP contribution in [0.1, 0.15) is 22.6 Å². The van der Waals surface area contributed by atoms with Crippen LogP contribution in [0.15, 0.2) is 54.6 Å². The maximum absolute atomic E-state index is 4.15. The van der Waals surface area contributed by atoms with Crippen molar-refractivity contribution in [3.05, 3.63) is 71.3 Å². The Bertz CT molecular complexity index is 832. The van der Waals surface area contributed by atoms with Crippen molar-refractivity contribution in [2.45, 2.75) is 5.92 Å². The van der Waals surface area contributed by atoms with E-state index in [9.17, 15) is 0 Å². The first-order valence-corrected chi connectivity index (χ1v) is 6.93. The van der Waals surface area contributed by atoms with Crippen LogP contribution >= 0.6 is 0 Å². The van der Waals surface area contributed by atoms with Crippen LogP contribution in [0.4, 0.5) is 0 Å². The van der Waals surface area contributed by atoms with E-state index in [-0.39, 0.29) is 5.92 Å². The summed E-state index contributed by atoms with van der Waals surface area (Å²) in [6.45, 7) is 0. The second-order valence-corrected chi connectivity index (χ2v) is 5.18. The minimum atomic E-state index is 0.258. The van der Waals surface area contributed by atoms with Crippen LogP contribution in [0, 0.1) is 0 Å². The zero-order valence-electron chi connectivity index (χ0n) is 11.6. The molecule has 3 aromatic rings. The second-order valence-electron chi connectivity index (χ2n) is 5.18. The summed E-state index contributed by atoms with van der Waals surface area (Å²) in [5, 5.41) is 11.8. The van der Waals surface area contributed by atoms with Gasteiger partial charge in [0.1, 0.15) is 0 Å². The molecule has 2 aromatic carbocycles. The van der Waals surface area contributed by atoms with Crippen molar-refractivity contribution in [1.82, 2.24) is 20.2 Å². The molecule has 1 aliphatic rings. The van der Waals surface area contributed by atoms with E-state index in [1.54, 1.807) is 4.68 Å². The maximum Gasteiger partial charge on any atom is 0.182 e. The number of benzene rings is 2. The third kappa shape index (κ3) is 1.88. The summed E-state index contributed by atoms with van der Waals surface area (Å²) >= 11 is 0. The number of aromatic nitrogens is 4. The van der Waals surface area contributed by atoms with Crippen LogP contribution in [0.2, 0.25) is 0 Å². The molecule has 0 fully saturated rings. The van der Waals surface area contributed by atoms with Crippen LogP contribution in [-0.2, 0) is 7.05 Å². The molecule has 4 rings (SSSR count). The summed E-state index contributed by atoms with van der Waals surface area (Å²) in [6, 6.07) is 16.8. The van der Waals surface area contributed by atoms with Gasteiger partial charge in [-0.25, -0.2) is 4.68 Å². The molecule has 102 valence electrons. The normalized spacial score (nSPS) is 16.1.